The molecule has 1 heterocycles. The molecule has 0 saturated carbocycles. The summed E-state index contributed by atoms with van der Waals surface area (Å²) in [5, 5.41) is 2.80. The lowest BCUT2D eigenvalue weighted by Crippen LogP contribution is -2.35. The van der Waals surface area contributed by atoms with E-state index in [1.54, 1.807) is 19.2 Å². The van der Waals surface area contributed by atoms with Crippen molar-refractivity contribution in [1.82, 2.24) is 0 Å². The van der Waals surface area contributed by atoms with E-state index in [1.807, 2.05) is 0 Å². The second-order valence-electron chi connectivity index (χ2n) is 4.71. The molecule has 1 aromatic rings. The number of carbonyl (C=O) groups excluding carboxylic acids is 1. The fourth-order valence-electron chi connectivity index (χ4n) is 1.96. The predicted octanol–water partition coefficient (Wildman–Crippen LogP) is 1.91. The van der Waals surface area contributed by atoms with Crippen LogP contribution in [0.5, 0.6) is 11.5 Å². The number of rotatable bonds is 6. The first-order valence-electron chi connectivity index (χ1n) is 6.76. The van der Waals surface area contributed by atoms with Gasteiger partial charge in [-0.05, 0) is 28.8 Å². The average molecular weight is 359 g/mol. The van der Waals surface area contributed by atoms with E-state index in [2.05, 4.69) is 21.2 Å². The Bertz CT molecular complexity index is 510. The van der Waals surface area contributed by atoms with Crippen LogP contribution in [0.4, 0.5) is 5.69 Å². The van der Waals surface area contributed by atoms with Gasteiger partial charge in [0, 0.05) is 30.3 Å². The van der Waals surface area contributed by atoms with Crippen molar-refractivity contribution in [3.63, 3.8) is 0 Å². The Labute approximate surface area is 132 Å². The number of anilines is 1. The van der Waals surface area contributed by atoms with Crippen LogP contribution in [0.1, 0.15) is 12.8 Å². The molecule has 3 N–H and O–H groups in total. The number of methoxy groups -OCH3 is 1. The van der Waals surface area contributed by atoms with Crippen molar-refractivity contribution >= 4 is 27.5 Å². The number of benzene rings is 1. The highest BCUT2D eigenvalue weighted by atomic mass is 79.9. The number of halogens is 1. The van der Waals surface area contributed by atoms with E-state index >= 15 is 0 Å². The maximum absolute atomic E-state index is 12.1. The minimum Gasteiger partial charge on any atom is -0.486 e. The summed E-state index contributed by atoms with van der Waals surface area (Å²) in [5.41, 5.74) is 6.47. The molecule has 1 aliphatic heterocycles. The fraction of sp³-hybridized carbons (Fsp3) is 0.500. The molecule has 21 heavy (non-hydrogen) atoms. The Morgan fingerprint density at radius 1 is 1.43 bits per heavy atom. The van der Waals surface area contributed by atoms with E-state index in [0.717, 1.165) is 10.9 Å². The second kappa shape index (κ2) is 7.63. The van der Waals surface area contributed by atoms with Gasteiger partial charge in [0.05, 0.1) is 11.7 Å². The van der Waals surface area contributed by atoms with E-state index in [4.69, 9.17) is 19.9 Å². The highest BCUT2D eigenvalue weighted by Crippen LogP contribution is 2.38. The summed E-state index contributed by atoms with van der Waals surface area (Å²) in [6.45, 7) is 1.61. The van der Waals surface area contributed by atoms with Gasteiger partial charge >= 0.3 is 0 Å². The average Bonchev–Trinajstić information content (AvgIpc) is 2.48. The van der Waals surface area contributed by atoms with Crippen LogP contribution in [0.2, 0.25) is 0 Å². The van der Waals surface area contributed by atoms with Gasteiger partial charge in [-0.3, -0.25) is 4.79 Å². The first-order valence-corrected chi connectivity index (χ1v) is 7.55. The normalized spacial score (nSPS) is 14.6. The molecule has 0 spiro atoms. The first-order chi connectivity index (χ1) is 10.1. The Morgan fingerprint density at radius 2 is 2.10 bits per heavy atom. The Morgan fingerprint density at radius 3 is 2.76 bits per heavy atom. The van der Waals surface area contributed by atoms with Gasteiger partial charge in [-0.25, -0.2) is 0 Å². The molecule has 1 atom stereocenters. The van der Waals surface area contributed by atoms with Crippen molar-refractivity contribution in [2.75, 3.05) is 32.2 Å². The minimum absolute atomic E-state index is 0.233. The summed E-state index contributed by atoms with van der Waals surface area (Å²) < 4.78 is 16.6. The molecular weight excluding hydrogens is 340 g/mol. The Hall–Kier alpha value is -1.31. The van der Waals surface area contributed by atoms with E-state index in [1.165, 1.54) is 0 Å². The number of nitrogens with one attached hydrogen (secondary N) is 1. The standard InChI is InChI=1S/C14H19BrN2O4/c1-19-4-2-3-10(16)14(18)17-11-8-13-12(7-9(11)15)20-5-6-21-13/h7-8,10H,2-6,16H2,1H3,(H,17,18). The smallest absolute Gasteiger partial charge is 0.241 e. The third-order valence-electron chi connectivity index (χ3n) is 3.09. The van der Waals surface area contributed by atoms with Crippen LogP contribution in [-0.4, -0.2) is 38.9 Å². The molecule has 0 aliphatic carbocycles. The predicted molar refractivity (Wildman–Crippen MR) is 82.8 cm³/mol. The van der Waals surface area contributed by atoms with E-state index < -0.39 is 6.04 Å². The number of nitrogens with two attached hydrogens (primary N) is 1. The van der Waals surface area contributed by atoms with Gasteiger partial charge < -0.3 is 25.3 Å². The summed E-state index contributed by atoms with van der Waals surface area (Å²) in [4.78, 5) is 12.1. The maximum atomic E-state index is 12.1. The molecule has 0 fully saturated rings. The largest absolute Gasteiger partial charge is 0.486 e. The summed E-state index contributed by atoms with van der Waals surface area (Å²) in [7, 11) is 1.62. The van der Waals surface area contributed by atoms with Crippen molar-refractivity contribution in [2.45, 2.75) is 18.9 Å². The summed E-state index contributed by atoms with van der Waals surface area (Å²) in [6, 6.07) is 2.94. The number of hydrogen-bond acceptors (Lipinski definition) is 5. The van der Waals surface area contributed by atoms with Crippen molar-refractivity contribution in [2.24, 2.45) is 5.73 Å². The molecule has 0 aromatic heterocycles. The lowest BCUT2D eigenvalue weighted by molar-refractivity contribution is -0.117. The van der Waals surface area contributed by atoms with Gasteiger partial charge in [-0.2, -0.15) is 0 Å². The number of carbonyl (C=O) groups is 1. The summed E-state index contributed by atoms with van der Waals surface area (Å²) in [6.07, 6.45) is 1.31. The van der Waals surface area contributed by atoms with Gasteiger partial charge in [0.15, 0.2) is 11.5 Å². The monoisotopic (exact) mass is 358 g/mol. The first kappa shape index (κ1) is 16.1. The number of hydrogen-bond donors (Lipinski definition) is 2. The zero-order valence-electron chi connectivity index (χ0n) is 11.9. The molecule has 2 rings (SSSR count). The quantitative estimate of drug-likeness (QED) is 0.759. The highest BCUT2D eigenvalue weighted by Gasteiger charge is 2.18. The highest BCUT2D eigenvalue weighted by molar-refractivity contribution is 9.10. The van der Waals surface area contributed by atoms with Crippen molar-refractivity contribution < 1.29 is 19.0 Å². The van der Waals surface area contributed by atoms with Gasteiger partial charge in [-0.15, -0.1) is 0 Å². The number of ether oxygens (including phenoxy) is 3. The van der Waals surface area contributed by atoms with E-state index in [0.29, 0.717) is 43.4 Å². The second-order valence-corrected chi connectivity index (χ2v) is 5.56. The van der Waals surface area contributed by atoms with E-state index in [9.17, 15) is 4.79 Å². The zero-order valence-corrected chi connectivity index (χ0v) is 13.4. The molecule has 0 bridgehead atoms. The van der Waals surface area contributed by atoms with Crippen LogP contribution < -0.4 is 20.5 Å². The maximum Gasteiger partial charge on any atom is 0.241 e. The minimum atomic E-state index is -0.569. The van der Waals surface area contributed by atoms with Gasteiger partial charge in [0.1, 0.15) is 13.2 Å². The van der Waals surface area contributed by atoms with Crippen LogP contribution in [0.3, 0.4) is 0 Å². The molecule has 1 aromatic carbocycles. The van der Waals surface area contributed by atoms with E-state index in [-0.39, 0.29) is 5.91 Å². The molecule has 1 aliphatic rings. The molecular formula is C14H19BrN2O4. The lowest BCUT2D eigenvalue weighted by atomic mass is 10.1. The summed E-state index contributed by atoms with van der Waals surface area (Å²) in [5.74, 6) is 1.05. The summed E-state index contributed by atoms with van der Waals surface area (Å²) >= 11 is 3.41. The van der Waals surface area contributed by atoms with Gasteiger partial charge in [0.2, 0.25) is 5.91 Å². The molecule has 0 saturated heterocycles. The van der Waals surface area contributed by atoms with Gasteiger partial charge in [0.25, 0.3) is 0 Å². The van der Waals surface area contributed by atoms with Crippen LogP contribution in [0.15, 0.2) is 16.6 Å². The van der Waals surface area contributed by atoms with Crippen LogP contribution in [0, 0.1) is 0 Å². The number of amides is 1. The van der Waals surface area contributed by atoms with Crippen molar-refractivity contribution in [1.29, 1.82) is 0 Å². The third kappa shape index (κ3) is 4.33. The zero-order chi connectivity index (χ0) is 15.2. The molecule has 6 nitrogen and oxygen atoms in total. The Kier molecular flexibility index (Phi) is 5.84. The van der Waals surface area contributed by atoms with Gasteiger partial charge in [-0.1, -0.05) is 0 Å². The molecule has 1 unspecified atom stereocenters. The SMILES string of the molecule is COCCCC(N)C(=O)Nc1cc2c(cc1Br)OCCO2. The van der Waals surface area contributed by atoms with Crippen LogP contribution >= 0.6 is 15.9 Å². The van der Waals surface area contributed by atoms with Crippen LogP contribution in [0.25, 0.3) is 0 Å². The lowest BCUT2D eigenvalue weighted by Gasteiger charge is -2.20. The molecule has 7 heteroatoms. The van der Waals surface area contributed by atoms with Crippen molar-refractivity contribution in [3.05, 3.63) is 16.6 Å². The topological polar surface area (TPSA) is 82.8 Å². The molecule has 0 radical (unpaired) electrons. The molecule has 1 amide bonds. The third-order valence-corrected chi connectivity index (χ3v) is 3.75. The number of fused-ring (bicyclic) bond motifs is 1. The molecule has 116 valence electrons. The Balaban J connectivity index is 2.00. The van der Waals surface area contributed by atoms with Crippen molar-refractivity contribution in [3.8, 4) is 11.5 Å². The van der Waals surface area contributed by atoms with Crippen LogP contribution in [-0.2, 0) is 9.53 Å². The fourth-order valence-corrected chi connectivity index (χ4v) is 2.39.